The van der Waals surface area contributed by atoms with Crippen molar-refractivity contribution in [3.8, 4) is 0 Å². The van der Waals surface area contributed by atoms with Gasteiger partial charge in [0, 0.05) is 11.5 Å². The first-order valence-electron chi connectivity index (χ1n) is 4.41. The summed E-state index contributed by atoms with van der Waals surface area (Å²) in [6.07, 6.45) is 1.52. The van der Waals surface area contributed by atoms with Crippen LogP contribution < -0.4 is 5.90 Å². The van der Waals surface area contributed by atoms with E-state index in [0.29, 0.717) is 17.9 Å². The zero-order chi connectivity index (χ0) is 10.3. The number of Topliss-reactive ketones (excluding diaryl/α,β-unsaturated/α-hetero) is 1. The van der Waals surface area contributed by atoms with Gasteiger partial charge in [0.2, 0.25) is 5.76 Å². The standard InChI is InChI=1S/C9H11NO4/c1-13-9(12)8(14-10)6-3-4-2-5(4)7(6)11/h4-5H,2-3,10H2,1H3/b8-6-. The van der Waals surface area contributed by atoms with Gasteiger partial charge < -0.3 is 9.57 Å². The predicted molar refractivity (Wildman–Crippen MR) is 45.5 cm³/mol. The molecule has 2 aliphatic carbocycles. The lowest BCUT2D eigenvalue weighted by atomic mass is 10.1. The minimum Gasteiger partial charge on any atom is -0.463 e. The van der Waals surface area contributed by atoms with E-state index in [2.05, 4.69) is 9.57 Å². The summed E-state index contributed by atoms with van der Waals surface area (Å²) in [5, 5.41) is 0. The second-order valence-corrected chi connectivity index (χ2v) is 3.59. The fraction of sp³-hybridized carbons (Fsp3) is 0.556. The number of fused-ring (bicyclic) bond motifs is 1. The molecule has 14 heavy (non-hydrogen) atoms. The van der Waals surface area contributed by atoms with E-state index in [4.69, 9.17) is 5.90 Å². The molecule has 0 aromatic rings. The SMILES string of the molecule is COC(=O)/C(ON)=C1\CC2CC2C1=O. The molecule has 5 heteroatoms. The maximum atomic E-state index is 11.6. The smallest absolute Gasteiger partial charge is 0.376 e. The molecule has 0 saturated heterocycles. The molecule has 0 amide bonds. The normalized spacial score (nSPS) is 32.3. The summed E-state index contributed by atoms with van der Waals surface area (Å²) < 4.78 is 4.46. The third-order valence-corrected chi connectivity index (χ3v) is 2.79. The average molecular weight is 197 g/mol. The Morgan fingerprint density at radius 3 is 2.71 bits per heavy atom. The first kappa shape index (κ1) is 9.21. The molecule has 2 aliphatic rings. The highest BCUT2D eigenvalue weighted by atomic mass is 16.6. The highest BCUT2D eigenvalue weighted by Crippen LogP contribution is 2.52. The van der Waals surface area contributed by atoms with Gasteiger partial charge in [-0.3, -0.25) is 4.79 Å². The molecule has 2 atom stereocenters. The monoisotopic (exact) mass is 197 g/mol. The average Bonchev–Trinajstić information content (AvgIpc) is 2.89. The van der Waals surface area contributed by atoms with Gasteiger partial charge in [-0.1, -0.05) is 0 Å². The van der Waals surface area contributed by atoms with Gasteiger partial charge in [-0.15, -0.1) is 0 Å². The number of ether oxygens (including phenoxy) is 1. The van der Waals surface area contributed by atoms with Crippen molar-refractivity contribution < 1.29 is 19.2 Å². The number of ketones is 1. The van der Waals surface area contributed by atoms with Crippen molar-refractivity contribution in [1.82, 2.24) is 0 Å². The molecule has 2 N–H and O–H groups in total. The van der Waals surface area contributed by atoms with E-state index >= 15 is 0 Å². The van der Waals surface area contributed by atoms with Crippen molar-refractivity contribution >= 4 is 11.8 Å². The van der Waals surface area contributed by atoms with Crippen LogP contribution in [0.5, 0.6) is 0 Å². The van der Waals surface area contributed by atoms with Crippen LogP contribution in [0.3, 0.4) is 0 Å². The van der Waals surface area contributed by atoms with Gasteiger partial charge in [-0.05, 0) is 18.8 Å². The highest BCUT2D eigenvalue weighted by molar-refractivity contribution is 6.07. The first-order chi connectivity index (χ1) is 6.69. The van der Waals surface area contributed by atoms with Crippen LogP contribution in [0, 0.1) is 11.8 Å². The van der Waals surface area contributed by atoms with Crippen LogP contribution in [0.15, 0.2) is 11.3 Å². The molecule has 2 unspecified atom stereocenters. The van der Waals surface area contributed by atoms with Gasteiger partial charge >= 0.3 is 5.97 Å². The first-order valence-corrected chi connectivity index (χ1v) is 4.41. The minimum absolute atomic E-state index is 0.0131. The van der Waals surface area contributed by atoms with Gasteiger partial charge in [0.1, 0.15) is 0 Å². The Hall–Kier alpha value is -1.36. The van der Waals surface area contributed by atoms with Crippen LogP contribution in [0.1, 0.15) is 12.8 Å². The number of carbonyl (C=O) groups excluding carboxylic acids is 2. The van der Waals surface area contributed by atoms with E-state index in [1.807, 2.05) is 0 Å². The number of carbonyl (C=O) groups is 2. The Kier molecular flexibility index (Phi) is 2.03. The molecule has 2 rings (SSSR count). The Balaban J connectivity index is 2.28. The van der Waals surface area contributed by atoms with Crippen LogP contribution >= 0.6 is 0 Å². The number of hydrogen-bond donors (Lipinski definition) is 1. The lowest BCUT2D eigenvalue weighted by Crippen LogP contribution is -2.17. The van der Waals surface area contributed by atoms with Gasteiger partial charge in [0.25, 0.3) is 0 Å². The topological polar surface area (TPSA) is 78.6 Å². The molecule has 0 aliphatic heterocycles. The van der Waals surface area contributed by atoms with Crippen LogP contribution in [0.4, 0.5) is 0 Å². The molecule has 0 radical (unpaired) electrons. The summed E-state index contributed by atoms with van der Waals surface area (Å²) in [7, 11) is 1.22. The Morgan fingerprint density at radius 1 is 1.57 bits per heavy atom. The Bertz CT molecular complexity index is 334. The second-order valence-electron chi connectivity index (χ2n) is 3.59. The van der Waals surface area contributed by atoms with Crippen molar-refractivity contribution in [3.05, 3.63) is 11.3 Å². The molecule has 76 valence electrons. The van der Waals surface area contributed by atoms with Crippen molar-refractivity contribution in [2.24, 2.45) is 17.7 Å². The summed E-state index contributed by atoms with van der Waals surface area (Å²) in [6.45, 7) is 0. The molecule has 5 nitrogen and oxygen atoms in total. The lowest BCUT2D eigenvalue weighted by molar-refractivity contribution is -0.140. The molecule has 0 aromatic heterocycles. The van der Waals surface area contributed by atoms with Crippen molar-refractivity contribution in [2.75, 3.05) is 7.11 Å². The number of allylic oxidation sites excluding steroid dienone is 1. The number of methoxy groups -OCH3 is 1. The molecule has 2 saturated carbocycles. The molecule has 0 bridgehead atoms. The molecule has 0 aromatic carbocycles. The maximum absolute atomic E-state index is 11.6. The second kappa shape index (κ2) is 3.09. The van der Waals surface area contributed by atoms with Gasteiger partial charge in [0.15, 0.2) is 5.78 Å². The fourth-order valence-corrected chi connectivity index (χ4v) is 1.92. The summed E-state index contributed by atoms with van der Waals surface area (Å²) >= 11 is 0. The lowest BCUT2D eigenvalue weighted by Gasteiger charge is -2.06. The fourth-order valence-electron chi connectivity index (χ4n) is 1.92. The van der Waals surface area contributed by atoms with Gasteiger partial charge in [0.05, 0.1) is 7.11 Å². The quantitative estimate of drug-likeness (QED) is 0.290. The van der Waals surface area contributed by atoms with E-state index in [9.17, 15) is 9.59 Å². The Labute approximate surface area is 80.8 Å². The summed E-state index contributed by atoms with van der Waals surface area (Å²) in [6, 6.07) is 0. The van der Waals surface area contributed by atoms with E-state index in [-0.39, 0.29) is 17.5 Å². The van der Waals surface area contributed by atoms with E-state index in [0.717, 1.165) is 6.42 Å². The molecule has 0 heterocycles. The summed E-state index contributed by atoms with van der Waals surface area (Å²) in [5.41, 5.74) is 0.389. The zero-order valence-electron chi connectivity index (χ0n) is 7.78. The van der Waals surface area contributed by atoms with E-state index in [1.54, 1.807) is 0 Å². The van der Waals surface area contributed by atoms with Gasteiger partial charge in [-0.25, -0.2) is 4.79 Å². The predicted octanol–water partition coefficient (Wildman–Crippen LogP) is -0.0873. The Morgan fingerprint density at radius 2 is 2.29 bits per heavy atom. The molecular formula is C9H11NO4. The number of rotatable bonds is 2. The maximum Gasteiger partial charge on any atom is 0.376 e. The van der Waals surface area contributed by atoms with Crippen molar-refractivity contribution in [1.29, 1.82) is 0 Å². The van der Waals surface area contributed by atoms with Crippen molar-refractivity contribution in [2.45, 2.75) is 12.8 Å². The third-order valence-electron chi connectivity index (χ3n) is 2.79. The van der Waals surface area contributed by atoms with E-state index in [1.165, 1.54) is 7.11 Å². The number of esters is 1. The third kappa shape index (κ3) is 1.21. The molecular weight excluding hydrogens is 186 g/mol. The molecule has 0 spiro atoms. The minimum atomic E-state index is -0.683. The van der Waals surface area contributed by atoms with Crippen LogP contribution in [-0.4, -0.2) is 18.9 Å². The van der Waals surface area contributed by atoms with Crippen LogP contribution in [0.2, 0.25) is 0 Å². The highest BCUT2D eigenvalue weighted by Gasteiger charge is 2.52. The zero-order valence-corrected chi connectivity index (χ0v) is 7.78. The largest absolute Gasteiger partial charge is 0.463 e. The summed E-state index contributed by atoms with van der Waals surface area (Å²) in [5.74, 6) is 4.60. The molecule has 2 fully saturated rings. The van der Waals surface area contributed by atoms with Crippen molar-refractivity contribution in [3.63, 3.8) is 0 Å². The summed E-state index contributed by atoms with van der Waals surface area (Å²) in [4.78, 5) is 27.1. The van der Waals surface area contributed by atoms with E-state index < -0.39 is 5.97 Å². The van der Waals surface area contributed by atoms with Crippen LogP contribution in [-0.2, 0) is 19.2 Å². The number of hydrogen-bond acceptors (Lipinski definition) is 5. The van der Waals surface area contributed by atoms with Gasteiger partial charge in [-0.2, -0.15) is 5.90 Å². The van der Waals surface area contributed by atoms with Crippen LogP contribution in [0.25, 0.3) is 0 Å². The number of nitrogens with two attached hydrogens (primary N) is 1.